The van der Waals surface area contributed by atoms with Gasteiger partial charge < -0.3 is 5.32 Å². The second kappa shape index (κ2) is 5.30. The molecule has 1 unspecified atom stereocenters. The van der Waals surface area contributed by atoms with Crippen LogP contribution < -0.4 is 5.32 Å². The Kier molecular flexibility index (Phi) is 3.77. The van der Waals surface area contributed by atoms with Gasteiger partial charge in [0.15, 0.2) is 0 Å². The Bertz CT molecular complexity index is 399. The fourth-order valence-electron chi connectivity index (χ4n) is 2.49. The van der Waals surface area contributed by atoms with Crippen LogP contribution in [-0.2, 0) is 4.79 Å². The van der Waals surface area contributed by atoms with E-state index < -0.39 is 0 Å². The molecule has 1 atom stereocenters. The molecule has 0 heterocycles. The molecule has 1 aliphatic rings. The summed E-state index contributed by atoms with van der Waals surface area (Å²) in [6.45, 7) is 1.96. The fourth-order valence-corrected chi connectivity index (χ4v) is 2.49. The van der Waals surface area contributed by atoms with E-state index in [2.05, 4.69) is 5.32 Å². The van der Waals surface area contributed by atoms with E-state index in [1.54, 1.807) is 12.1 Å². The van der Waals surface area contributed by atoms with Crippen LogP contribution in [-0.4, -0.2) is 5.91 Å². The zero-order valence-electron chi connectivity index (χ0n) is 10.1. The van der Waals surface area contributed by atoms with Crippen LogP contribution in [0.2, 0.25) is 0 Å². The van der Waals surface area contributed by atoms with Crippen LogP contribution in [0.5, 0.6) is 0 Å². The molecule has 1 fully saturated rings. The highest BCUT2D eigenvalue weighted by molar-refractivity contribution is 5.92. The number of hydrogen-bond donors (Lipinski definition) is 1. The molecule has 17 heavy (non-hydrogen) atoms. The first-order valence-electron chi connectivity index (χ1n) is 6.23. The zero-order valence-corrected chi connectivity index (χ0v) is 10.1. The number of benzene rings is 1. The number of carbonyl (C=O) groups excluding carboxylic acids is 1. The van der Waals surface area contributed by atoms with Crippen LogP contribution in [0.3, 0.4) is 0 Å². The Morgan fingerprint density at radius 3 is 2.76 bits per heavy atom. The average molecular weight is 235 g/mol. The van der Waals surface area contributed by atoms with Crippen LogP contribution in [0.15, 0.2) is 24.3 Å². The number of halogens is 1. The van der Waals surface area contributed by atoms with Gasteiger partial charge in [0.2, 0.25) is 5.91 Å². The minimum atomic E-state index is -0.323. The summed E-state index contributed by atoms with van der Waals surface area (Å²) in [5, 5.41) is 2.78. The van der Waals surface area contributed by atoms with Crippen molar-refractivity contribution in [3.8, 4) is 0 Å². The number of nitrogens with one attached hydrogen (secondary N) is 1. The molecule has 1 aromatic rings. The SMILES string of the molecule is CC(C(=O)Nc1cccc(F)c1)C1CCCC1. The summed E-state index contributed by atoms with van der Waals surface area (Å²) in [5.74, 6) is 0.183. The molecule has 2 nitrogen and oxygen atoms in total. The standard InChI is InChI=1S/C14H18FNO/c1-10(11-5-2-3-6-11)14(17)16-13-8-4-7-12(15)9-13/h4,7-11H,2-3,5-6H2,1H3,(H,16,17). The lowest BCUT2D eigenvalue weighted by Gasteiger charge is -2.18. The minimum Gasteiger partial charge on any atom is -0.326 e. The smallest absolute Gasteiger partial charge is 0.227 e. The van der Waals surface area contributed by atoms with Crippen LogP contribution in [0, 0.1) is 17.7 Å². The van der Waals surface area contributed by atoms with Gasteiger partial charge in [-0.25, -0.2) is 4.39 Å². The highest BCUT2D eigenvalue weighted by atomic mass is 19.1. The number of hydrogen-bond acceptors (Lipinski definition) is 1. The van der Waals surface area contributed by atoms with Crippen molar-refractivity contribution < 1.29 is 9.18 Å². The van der Waals surface area contributed by atoms with E-state index in [0.29, 0.717) is 11.6 Å². The van der Waals surface area contributed by atoms with Crippen molar-refractivity contribution in [2.45, 2.75) is 32.6 Å². The fraction of sp³-hybridized carbons (Fsp3) is 0.500. The molecule has 0 radical (unpaired) electrons. The Morgan fingerprint density at radius 1 is 1.41 bits per heavy atom. The number of carbonyl (C=O) groups is 1. The van der Waals surface area contributed by atoms with Crippen molar-refractivity contribution in [3.05, 3.63) is 30.1 Å². The maximum Gasteiger partial charge on any atom is 0.227 e. The molecular weight excluding hydrogens is 217 g/mol. The Labute approximate surface area is 101 Å². The summed E-state index contributed by atoms with van der Waals surface area (Å²) in [4.78, 5) is 12.0. The molecule has 0 aromatic heterocycles. The van der Waals surface area contributed by atoms with Gasteiger partial charge >= 0.3 is 0 Å². The van der Waals surface area contributed by atoms with E-state index in [4.69, 9.17) is 0 Å². The molecule has 0 bridgehead atoms. The maximum absolute atomic E-state index is 13.0. The van der Waals surface area contributed by atoms with Gasteiger partial charge in [0.1, 0.15) is 5.82 Å². The summed E-state index contributed by atoms with van der Waals surface area (Å²) >= 11 is 0. The third-order valence-electron chi connectivity index (χ3n) is 3.61. The Morgan fingerprint density at radius 2 is 2.12 bits per heavy atom. The molecule has 92 valence electrons. The minimum absolute atomic E-state index is 0.00231. The van der Waals surface area contributed by atoms with Crippen LogP contribution >= 0.6 is 0 Å². The highest BCUT2D eigenvalue weighted by Gasteiger charge is 2.26. The molecule has 1 N–H and O–H groups in total. The summed E-state index contributed by atoms with van der Waals surface area (Å²) in [6, 6.07) is 6.03. The zero-order chi connectivity index (χ0) is 12.3. The highest BCUT2D eigenvalue weighted by Crippen LogP contribution is 2.31. The van der Waals surface area contributed by atoms with Gasteiger partial charge in [0.05, 0.1) is 0 Å². The molecule has 0 spiro atoms. The van der Waals surface area contributed by atoms with E-state index in [1.165, 1.54) is 25.0 Å². The van der Waals surface area contributed by atoms with Gasteiger partial charge in [-0.15, -0.1) is 0 Å². The van der Waals surface area contributed by atoms with Gasteiger partial charge in [0.25, 0.3) is 0 Å². The van der Waals surface area contributed by atoms with Crippen molar-refractivity contribution in [3.63, 3.8) is 0 Å². The summed E-state index contributed by atoms with van der Waals surface area (Å²) in [6.07, 6.45) is 4.72. The van der Waals surface area contributed by atoms with Gasteiger partial charge in [-0.1, -0.05) is 25.8 Å². The molecule has 0 saturated heterocycles. The summed E-state index contributed by atoms with van der Waals surface area (Å²) in [5.41, 5.74) is 0.542. The first kappa shape index (κ1) is 12.1. The normalized spacial score (nSPS) is 18.0. The molecular formula is C14H18FNO. The Balaban J connectivity index is 1.96. The van der Waals surface area contributed by atoms with Crippen LogP contribution in [0.1, 0.15) is 32.6 Å². The molecule has 0 aliphatic heterocycles. The van der Waals surface area contributed by atoms with Crippen molar-refractivity contribution in [2.24, 2.45) is 11.8 Å². The van der Waals surface area contributed by atoms with E-state index in [-0.39, 0.29) is 17.6 Å². The van der Waals surface area contributed by atoms with Crippen LogP contribution in [0.25, 0.3) is 0 Å². The average Bonchev–Trinajstić information content (AvgIpc) is 2.81. The van der Waals surface area contributed by atoms with Crippen LogP contribution in [0.4, 0.5) is 10.1 Å². The van der Waals surface area contributed by atoms with Gasteiger partial charge in [0, 0.05) is 11.6 Å². The number of rotatable bonds is 3. The molecule has 1 saturated carbocycles. The maximum atomic E-state index is 13.0. The number of anilines is 1. The molecule has 1 amide bonds. The lowest BCUT2D eigenvalue weighted by molar-refractivity contribution is -0.120. The van der Waals surface area contributed by atoms with Gasteiger partial charge in [-0.2, -0.15) is 0 Å². The van der Waals surface area contributed by atoms with Crippen molar-refractivity contribution in [2.75, 3.05) is 5.32 Å². The lowest BCUT2D eigenvalue weighted by Crippen LogP contribution is -2.25. The third-order valence-corrected chi connectivity index (χ3v) is 3.61. The van der Waals surface area contributed by atoms with Gasteiger partial charge in [-0.05, 0) is 37.0 Å². The predicted octanol–water partition coefficient (Wildman–Crippen LogP) is 3.59. The molecule has 1 aromatic carbocycles. The lowest BCUT2D eigenvalue weighted by atomic mass is 9.92. The predicted molar refractivity (Wildman–Crippen MR) is 66.2 cm³/mol. The monoisotopic (exact) mass is 235 g/mol. The summed E-state index contributed by atoms with van der Waals surface area (Å²) < 4.78 is 13.0. The first-order valence-corrected chi connectivity index (χ1v) is 6.23. The summed E-state index contributed by atoms with van der Waals surface area (Å²) in [7, 11) is 0. The second-order valence-electron chi connectivity index (χ2n) is 4.83. The van der Waals surface area contributed by atoms with E-state index in [1.807, 2.05) is 6.92 Å². The van der Waals surface area contributed by atoms with Gasteiger partial charge in [-0.3, -0.25) is 4.79 Å². The van der Waals surface area contributed by atoms with Crippen molar-refractivity contribution in [1.29, 1.82) is 0 Å². The Hall–Kier alpha value is -1.38. The van der Waals surface area contributed by atoms with Crippen molar-refractivity contribution in [1.82, 2.24) is 0 Å². The topological polar surface area (TPSA) is 29.1 Å². The van der Waals surface area contributed by atoms with E-state index in [9.17, 15) is 9.18 Å². The second-order valence-corrected chi connectivity index (χ2v) is 4.83. The largest absolute Gasteiger partial charge is 0.326 e. The molecule has 3 heteroatoms. The quantitative estimate of drug-likeness (QED) is 0.852. The number of amides is 1. The molecule has 1 aliphatic carbocycles. The third kappa shape index (κ3) is 3.05. The first-order chi connectivity index (χ1) is 8.16. The van der Waals surface area contributed by atoms with E-state index in [0.717, 1.165) is 12.8 Å². The van der Waals surface area contributed by atoms with Crippen molar-refractivity contribution >= 4 is 11.6 Å². The van der Waals surface area contributed by atoms with E-state index >= 15 is 0 Å². The molecule has 2 rings (SSSR count).